The normalized spacial score (nSPS) is 13.9. The van der Waals surface area contributed by atoms with Gasteiger partial charge in [-0.2, -0.15) is 0 Å². The van der Waals surface area contributed by atoms with Crippen molar-refractivity contribution in [2.75, 3.05) is 0 Å². The minimum Gasteiger partial charge on any atom is -0.323 e. The molecule has 1 aromatic carbocycles. The first kappa shape index (κ1) is 14.4. The van der Waals surface area contributed by atoms with E-state index in [-0.39, 0.29) is 17.7 Å². The van der Waals surface area contributed by atoms with Crippen LogP contribution >= 0.6 is 0 Å². The molecule has 1 heterocycles. The molecule has 5 nitrogen and oxygen atoms in total. The van der Waals surface area contributed by atoms with Crippen LogP contribution in [0.5, 0.6) is 0 Å². The molecule has 0 spiro atoms. The molecule has 0 radical (unpaired) electrons. The molecule has 2 atom stereocenters. The average molecular weight is 272 g/mol. The highest BCUT2D eigenvalue weighted by molar-refractivity contribution is 5.96. The molecule has 0 saturated heterocycles. The number of ketones is 1. The Labute approximate surface area is 118 Å². The van der Waals surface area contributed by atoms with Crippen molar-refractivity contribution in [3.05, 3.63) is 47.8 Å². The molecule has 0 fully saturated rings. The molecule has 0 aliphatic rings. The maximum absolute atomic E-state index is 12.5. The Hall–Kier alpha value is -2.01. The summed E-state index contributed by atoms with van der Waals surface area (Å²) in [5, 5.41) is 7.77. The summed E-state index contributed by atoms with van der Waals surface area (Å²) in [6.07, 6.45) is 2.43. The first-order valence-corrected chi connectivity index (χ1v) is 6.88. The third kappa shape index (κ3) is 2.93. The lowest BCUT2D eigenvalue weighted by Crippen LogP contribution is -2.27. The molecule has 2 unspecified atom stereocenters. The monoisotopic (exact) mass is 272 g/mol. The predicted octanol–water partition coefficient (Wildman–Crippen LogP) is 2.21. The first-order valence-electron chi connectivity index (χ1n) is 6.88. The Kier molecular flexibility index (Phi) is 4.63. The van der Waals surface area contributed by atoms with Gasteiger partial charge in [0.15, 0.2) is 5.78 Å². The van der Waals surface area contributed by atoms with E-state index in [0.29, 0.717) is 12.2 Å². The fourth-order valence-corrected chi connectivity index (χ4v) is 2.19. The SMILES string of the molecule is CCCn1nncc1C(=O)C(C)C(N)c1ccccc1. The van der Waals surface area contributed by atoms with Gasteiger partial charge in [0.25, 0.3) is 0 Å². The van der Waals surface area contributed by atoms with Crippen LogP contribution in [-0.4, -0.2) is 20.8 Å². The molecule has 0 amide bonds. The lowest BCUT2D eigenvalue weighted by molar-refractivity contribution is 0.0901. The molecular formula is C15H20N4O. The second-order valence-corrected chi connectivity index (χ2v) is 4.93. The predicted molar refractivity (Wildman–Crippen MR) is 77.2 cm³/mol. The van der Waals surface area contributed by atoms with Gasteiger partial charge >= 0.3 is 0 Å². The molecule has 20 heavy (non-hydrogen) atoms. The lowest BCUT2D eigenvalue weighted by atomic mass is 9.90. The van der Waals surface area contributed by atoms with Crippen molar-refractivity contribution in [3.63, 3.8) is 0 Å². The van der Waals surface area contributed by atoms with E-state index in [9.17, 15) is 4.79 Å². The second kappa shape index (κ2) is 6.43. The van der Waals surface area contributed by atoms with Gasteiger partial charge in [-0.25, -0.2) is 4.68 Å². The van der Waals surface area contributed by atoms with Gasteiger partial charge in [-0.3, -0.25) is 4.79 Å². The maximum Gasteiger partial charge on any atom is 0.187 e. The Morgan fingerprint density at radius 2 is 2.05 bits per heavy atom. The number of benzene rings is 1. The highest BCUT2D eigenvalue weighted by Gasteiger charge is 2.26. The number of aromatic nitrogens is 3. The summed E-state index contributed by atoms with van der Waals surface area (Å²) in [6.45, 7) is 4.58. The largest absolute Gasteiger partial charge is 0.323 e. The first-order chi connectivity index (χ1) is 9.65. The van der Waals surface area contributed by atoms with E-state index < -0.39 is 0 Å². The van der Waals surface area contributed by atoms with Crippen molar-refractivity contribution in [1.82, 2.24) is 15.0 Å². The number of carbonyl (C=O) groups excluding carboxylic acids is 1. The highest BCUT2D eigenvalue weighted by atomic mass is 16.1. The van der Waals surface area contributed by atoms with Crippen LogP contribution in [0.3, 0.4) is 0 Å². The molecule has 106 valence electrons. The van der Waals surface area contributed by atoms with Crippen LogP contribution in [0.2, 0.25) is 0 Å². The topological polar surface area (TPSA) is 73.8 Å². The zero-order valence-electron chi connectivity index (χ0n) is 11.9. The van der Waals surface area contributed by atoms with Gasteiger partial charge in [-0.05, 0) is 12.0 Å². The Bertz CT molecular complexity index is 564. The number of hydrogen-bond donors (Lipinski definition) is 1. The fraction of sp³-hybridized carbons (Fsp3) is 0.400. The van der Waals surface area contributed by atoms with Gasteiger partial charge in [-0.15, -0.1) is 5.10 Å². The lowest BCUT2D eigenvalue weighted by Gasteiger charge is -2.19. The van der Waals surface area contributed by atoms with Crippen LogP contribution in [0.15, 0.2) is 36.5 Å². The number of rotatable bonds is 6. The standard InChI is InChI=1S/C15H20N4O/c1-3-9-19-13(10-17-18-19)15(20)11(2)14(16)12-7-5-4-6-8-12/h4-8,10-11,14H,3,9,16H2,1-2H3. The van der Waals surface area contributed by atoms with Gasteiger partial charge < -0.3 is 5.73 Å². The Balaban J connectivity index is 2.18. The molecule has 2 aromatic rings. The number of aryl methyl sites for hydroxylation is 1. The maximum atomic E-state index is 12.5. The zero-order chi connectivity index (χ0) is 14.5. The molecule has 5 heteroatoms. The third-order valence-electron chi connectivity index (χ3n) is 3.44. The molecule has 2 N–H and O–H groups in total. The van der Waals surface area contributed by atoms with Crippen molar-refractivity contribution < 1.29 is 4.79 Å². The molecule has 2 rings (SSSR count). The van der Waals surface area contributed by atoms with E-state index in [1.807, 2.05) is 44.2 Å². The van der Waals surface area contributed by atoms with Gasteiger partial charge in [0.1, 0.15) is 5.69 Å². The van der Waals surface area contributed by atoms with Crippen LogP contribution in [-0.2, 0) is 6.54 Å². The van der Waals surface area contributed by atoms with Gasteiger partial charge in [-0.1, -0.05) is 49.4 Å². The fourth-order valence-electron chi connectivity index (χ4n) is 2.19. The molecule has 0 aliphatic carbocycles. The summed E-state index contributed by atoms with van der Waals surface area (Å²) < 4.78 is 1.65. The summed E-state index contributed by atoms with van der Waals surface area (Å²) in [5.41, 5.74) is 7.69. The average Bonchev–Trinajstić information content (AvgIpc) is 2.94. The molecule has 0 saturated carbocycles. The summed E-state index contributed by atoms with van der Waals surface area (Å²) in [4.78, 5) is 12.5. The number of nitrogens with zero attached hydrogens (tertiary/aromatic N) is 3. The van der Waals surface area contributed by atoms with Crippen molar-refractivity contribution in [3.8, 4) is 0 Å². The van der Waals surface area contributed by atoms with E-state index in [1.54, 1.807) is 4.68 Å². The molecular weight excluding hydrogens is 252 g/mol. The van der Waals surface area contributed by atoms with Crippen LogP contribution < -0.4 is 5.73 Å². The number of hydrogen-bond acceptors (Lipinski definition) is 4. The number of Topliss-reactive ketones (excluding diaryl/α,β-unsaturated/α-hetero) is 1. The molecule has 0 aliphatic heterocycles. The number of nitrogens with two attached hydrogens (primary N) is 1. The highest BCUT2D eigenvalue weighted by Crippen LogP contribution is 2.22. The Morgan fingerprint density at radius 1 is 1.35 bits per heavy atom. The van der Waals surface area contributed by atoms with E-state index in [0.717, 1.165) is 12.0 Å². The van der Waals surface area contributed by atoms with Crippen molar-refractivity contribution in [1.29, 1.82) is 0 Å². The van der Waals surface area contributed by atoms with E-state index >= 15 is 0 Å². The minimum atomic E-state index is -0.325. The second-order valence-electron chi connectivity index (χ2n) is 4.93. The van der Waals surface area contributed by atoms with Gasteiger partial charge in [0.05, 0.1) is 6.20 Å². The summed E-state index contributed by atoms with van der Waals surface area (Å²) in [7, 11) is 0. The van der Waals surface area contributed by atoms with Gasteiger partial charge in [0, 0.05) is 18.5 Å². The van der Waals surface area contributed by atoms with Crippen molar-refractivity contribution in [2.24, 2.45) is 11.7 Å². The van der Waals surface area contributed by atoms with E-state index in [4.69, 9.17) is 5.73 Å². The minimum absolute atomic E-state index is 0.0141. The van der Waals surface area contributed by atoms with Crippen LogP contribution in [0.4, 0.5) is 0 Å². The van der Waals surface area contributed by atoms with Gasteiger partial charge in [0.2, 0.25) is 0 Å². The summed E-state index contributed by atoms with van der Waals surface area (Å²) >= 11 is 0. The molecule has 1 aromatic heterocycles. The van der Waals surface area contributed by atoms with Crippen LogP contribution in [0.1, 0.15) is 42.4 Å². The summed E-state index contributed by atoms with van der Waals surface area (Å²) in [6, 6.07) is 9.34. The van der Waals surface area contributed by atoms with E-state index in [2.05, 4.69) is 10.3 Å². The third-order valence-corrected chi connectivity index (χ3v) is 3.44. The van der Waals surface area contributed by atoms with Crippen LogP contribution in [0.25, 0.3) is 0 Å². The summed E-state index contributed by atoms with van der Waals surface area (Å²) in [5.74, 6) is -0.327. The quantitative estimate of drug-likeness (QED) is 0.818. The molecule has 0 bridgehead atoms. The van der Waals surface area contributed by atoms with Crippen molar-refractivity contribution >= 4 is 5.78 Å². The van der Waals surface area contributed by atoms with E-state index in [1.165, 1.54) is 6.20 Å². The van der Waals surface area contributed by atoms with Crippen molar-refractivity contribution in [2.45, 2.75) is 32.9 Å². The zero-order valence-corrected chi connectivity index (χ0v) is 11.9. The number of carbonyl (C=O) groups is 1. The Morgan fingerprint density at radius 3 is 2.70 bits per heavy atom. The smallest absolute Gasteiger partial charge is 0.187 e. The van der Waals surface area contributed by atoms with Crippen LogP contribution in [0, 0.1) is 5.92 Å².